The van der Waals surface area contributed by atoms with Gasteiger partial charge in [-0.1, -0.05) is 60.2 Å². The number of amides is 1. The first kappa shape index (κ1) is 24.6. The van der Waals surface area contributed by atoms with Gasteiger partial charge in [0.15, 0.2) is 17.2 Å². The molecule has 0 fully saturated rings. The first-order valence-electron chi connectivity index (χ1n) is 12.4. The standard InChI is InChI=1S/C30H31N3O4/c1-20-9-10-21(2)25(13-20)16-33(15-23-11-12-27-28(14-23)37-19-36-27)17-29-32-26(18-35-29)30(34)31-22(3)24-7-5-4-6-8-24/h4-14,18,22H,15-17,19H2,1-3H3,(H,31,34)/t22-/m0/s1. The number of benzene rings is 3. The molecule has 0 radical (unpaired) electrons. The van der Waals surface area contributed by atoms with Crippen molar-refractivity contribution in [2.75, 3.05) is 6.79 Å². The minimum absolute atomic E-state index is 0.138. The van der Waals surface area contributed by atoms with Gasteiger partial charge in [-0.05, 0) is 55.2 Å². The van der Waals surface area contributed by atoms with Gasteiger partial charge < -0.3 is 19.2 Å². The quantitative estimate of drug-likeness (QED) is 0.319. The summed E-state index contributed by atoms with van der Waals surface area (Å²) in [6, 6.07) is 22.2. The third kappa shape index (κ3) is 6.01. The van der Waals surface area contributed by atoms with Gasteiger partial charge >= 0.3 is 0 Å². The van der Waals surface area contributed by atoms with Crippen LogP contribution in [-0.2, 0) is 19.6 Å². The third-order valence-electron chi connectivity index (χ3n) is 6.53. The minimum atomic E-state index is -0.261. The van der Waals surface area contributed by atoms with E-state index >= 15 is 0 Å². The van der Waals surface area contributed by atoms with Crippen LogP contribution >= 0.6 is 0 Å². The summed E-state index contributed by atoms with van der Waals surface area (Å²) in [5.41, 5.74) is 6.07. The van der Waals surface area contributed by atoms with E-state index in [4.69, 9.17) is 13.9 Å². The van der Waals surface area contributed by atoms with Crippen molar-refractivity contribution in [2.24, 2.45) is 0 Å². The molecule has 1 atom stereocenters. The SMILES string of the molecule is Cc1ccc(C)c(CN(Cc2ccc3c(c2)OCO3)Cc2nc(C(=O)N[C@@H](C)c3ccccc3)co2)c1. The van der Waals surface area contributed by atoms with E-state index in [1.165, 1.54) is 23.0 Å². The van der Waals surface area contributed by atoms with Gasteiger partial charge in [0.2, 0.25) is 12.7 Å². The van der Waals surface area contributed by atoms with Crippen LogP contribution in [0.2, 0.25) is 0 Å². The Balaban J connectivity index is 1.32. The van der Waals surface area contributed by atoms with Gasteiger partial charge in [0.05, 0.1) is 12.6 Å². The molecule has 7 heteroatoms. The highest BCUT2D eigenvalue weighted by Crippen LogP contribution is 2.33. The fourth-order valence-electron chi connectivity index (χ4n) is 4.45. The van der Waals surface area contributed by atoms with Crippen LogP contribution in [0.3, 0.4) is 0 Å². The van der Waals surface area contributed by atoms with Crippen molar-refractivity contribution in [1.29, 1.82) is 0 Å². The van der Waals surface area contributed by atoms with E-state index in [1.54, 1.807) is 0 Å². The molecule has 1 aliphatic heterocycles. The van der Waals surface area contributed by atoms with E-state index in [1.807, 2.05) is 55.5 Å². The highest BCUT2D eigenvalue weighted by molar-refractivity contribution is 5.92. The van der Waals surface area contributed by atoms with Crippen LogP contribution in [0, 0.1) is 13.8 Å². The van der Waals surface area contributed by atoms with E-state index in [0.29, 0.717) is 25.5 Å². The molecule has 0 unspecified atom stereocenters. The number of aromatic nitrogens is 1. The molecule has 37 heavy (non-hydrogen) atoms. The number of hydrogen-bond acceptors (Lipinski definition) is 6. The van der Waals surface area contributed by atoms with Crippen molar-refractivity contribution >= 4 is 5.91 Å². The molecular formula is C30H31N3O4. The highest BCUT2D eigenvalue weighted by atomic mass is 16.7. The molecule has 0 spiro atoms. The van der Waals surface area contributed by atoms with E-state index in [2.05, 4.69) is 47.2 Å². The Morgan fingerprint density at radius 2 is 1.78 bits per heavy atom. The van der Waals surface area contributed by atoms with E-state index in [-0.39, 0.29) is 24.4 Å². The van der Waals surface area contributed by atoms with Crippen molar-refractivity contribution in [2.45, 2.75) is 46.4 Å². The van der Waals surface area contributed by atoms with Gasteiger partial charge in [-0.2, -0.15) is 0 Å². The average molecular weight is 498 g/mol. The summed E-state index contributed by atoms with van der Waals surface area (Å²) in [7, 11) is 0. The predicted octanol–water partition coefficient (Wildman–Crippen LogP) is 5.71. The van der Waals surface area contributed by atoms with Gasteiger partial charge in [-0.3, -0.25) is 9.69 Å². The largest absolute Gasteiger partial charge is 0.454 e. The number of rotatable bonds is 9. The molecule has 0 saturated carbocycles. The zero-order valence-corrected chi connectivity index (χ0v) is 21.4. The summed E-state index contributed by atoms with van der Waals surface area (Å²) in [5, 5.41) is 3.00. The van der Waals surface area contributed by atoms with Gasteiger partial charge in [-0.15, -0.1) is 0 Å². The maximum Gasteiger partial charge on any atom is 0.273 e. The molecule has 7 nitrogen and oxygen atoms in total. The van der Waals surface area contributed by atoms with Crippen molar-refractivity contribution in [3.63, 3.8) is 0 Å². The van der Waals surface area contributed by atoms with Crippen LogP contribution in [0.15, 0.2) is 77.4 Å². The minimum Gasteiger partial charge on any atom is -0.454 e. The number of nitrogens with one attached hydrogen (secondary N) is 1. The van der Waals surface area contributed by atoms with Gasteiger partial charge in [0.1, 0.15) is 6.26 Å². The van der Waals surface area contributed by atoms with Crippen molar-refractivity contribution in [1.82, 2.24) is 15.2 Å². The number of carbonyl (C=O) groups is 1. The first-order chi connectivity index (χ1) is 17.9. The zero-order valence-electron chi connectivity index (χ0n) is 21.4. The summed E-state index contributed by atoms with van der Waals surface area (Å²) >= 11 is 0. The Labute approximate surface area is 217 Å². The number of nitrogens with zero attached hydrogens (tertiary/aromatic N) is 2. The maximum absolute atomic E-state index is 12.8. The second kappa shape index (κ2) is 10.9. The van der Waals surface area contributed by atoms with Gasteiger partial charge in [0, 0.05) is 13.1 Å². The van der Waals surface area contributed by atoms with Crippen molar-refractivity contribution in [3.8, 4) is 11.5 Å². The number of carbonyl (C=O) groups excluding carboxylic acids is 1. The molecule has 1 aromatic heterocycles. The molecule has 190 valence electrons. The van der Waals surface area contributed by atoms with Crippen LogP contribution in [0.5, 0.6) is 11.5 Å². The summed E-state index contributed by atoms with van der Waals surface area (Å²) < 4.78 is 16.8. The number of hydrogen-bond donors (Lipinski definition) is 1. The number of aryl methyl sites for hydroxylation is 2. The molecule has 0 bridgehead atoms. The fourth-order valence-corrected chi connectivity index (χ4v) is 4.45. The number of fused-ring (bicyclic) bond motifs is 1. The lowest BCUT2D eigenvalue weighted by atomic mass is 10.0. The Morgan fingerprint density at radius 1 is 0.973 bits per heavy atom. The Kier molecular flexibility index (Phi) is 7.23. The molecule has 1 N–H and O–H groups in total. The van der Waals surface area contributed by atoms with Crippen LogP contribution in [0.4, 0.5) is 0 Å². The number of ether oxygens (including phenoxy) is 2. The lowest BCUT2D eigenvalue weighted by Gasteiger charge is -2.22. The zero-order chi connectivity index (χ0) is 25.8. The highest BCUT2D eigenvalue weighted by Gasteiger charge is 2.19. The fraction of sp³-hybridized carbons (Fsp3) is 0.267. The molecule has 0 saturated heterocycles. The molecule has 2 heterocycles. The molecule has 0 aliphatic carbocycles. The smallest absolute Gasteiger partial charge is 0.273 e. The van der Waals surface area contributed by atoms with E-state index in [9.17, 15) is 4.79 Å². The summed E-state index contributed by atoms with van der Waals surface area (Å²) in [4.78, 5) is 19.6. The lowest BCUT2D eigenvalue weighted by Crippen LogP contribution is -2.27. The Morgan fingerprint density at radius 3 is 2.62 bits per heavy atom. The van der Waals surface area contributed by atoms with Gasteiger partial charge in [-0.25, -0.2) is 4.98 Å². The van der Waals surface area contributed by atoms with Gasteiger partial charge in [0.25, 0.3) is 5.91 Å². The third-order valence-corrected chi connectivity index (χ3v) is 6.53. The van der Waals surface area contributed by atoms with Crippen LogP contribution in [-0.4, -0.2) is 22.6 Å². The Hall–Kier alpha value is -4.10. The van der Waals surface area contributed by atoms with Crippen LogP contribution < -0.4 is 14.8 Å². The van der Waals surface area contributed by atoms with Crippen LogP contribution in [0.1, 0.15) is 57.2 Å². The van der Waals surface area contributed by atoms with Crippen molar-refractivity contribution < 1.29 is 18.7 Å². The molecule has 4 aromatic rings. The van der Waals surface area contributed by atoms with E-state index in [0.717, 1.165) is 22.6 Å². The molecule has 3 aromatic carbocycles. The van der Waals surface area contributed by atoms with Crippen molar-refractivity contribution in [3.05, 3.63) is 112 Å². The second-order valence-electron chi connectivity index (χ2n) is 9.50. The number of oxazole rings is 1. The topological polar surface area (TPSA) is 76.8 Å². The normalized spacial score (nSPS) is 13.1. The summed E-state index contributed by atoms with van der Waals surface area (Å²) in [6.07, 6.45) is 1.43. The molecule has 1 amide bonds. The first-order valence-corrected chi connectivity index (χ1v) is 12.4. The summed E-state index contributed by atoms with van der Waals surface area (Å²) in [5.74, 6) is 1.75. The summed E-state index contributed by atoms with van der Waals surface area (Å²) in [6.45, 7) is 8.22. The average Bonchev–Trinajstić information content (AvgIpc) is 3.56. The molecular weight excluding hydrogens is 466 g/mol. The lowest BCUT2D eigenvalue weighted by molar-refractivity contribution is 0.0934. The predicted molar refractivity (Wildman–Crippen MR) is 140 cm³/mol. The van der Waals surface area contributed by atoms with E-state index < -0.39 is 0 Å². The second-order valence-corrected chi connectivity index (χ2v) is 9.50. The Bertz CT molecular complexity index is 1380. The van der Waals surface area contributed by atoms with Crippen LogP contribution in [0.25, 0.3) is 0 Å². The molecule has 1 aliphatic rings. The maximum atomic E-state index is 12.8. The molecule has 5 rings (SSSR count). The monoisotopic (exact) mass is 497 g/mol.